The number of fused-ring (bicyclic) bond motifs is 6. The number of hydrogen-bond donors (Lipinski definition) is 0. The molecule has 0 N–H and O–H groups in total. The summed E-state index contributed by atoms with van der Waals surface area (Å²) >= 11 is 0. The highest BCUT2D eigenvalue weighted by Gasteiger charge is 2.19. The van der Waals surface area contributed by atoms with E-state index in [0.29, 0.717) is 28.2 Å². The van der Waals surface area contributed by atoms with Gasteiger partial charge >= 0.3 is 0 Å². The Balaban J connectivity index is 1.14. The molecular weight excluding hydrogens is 687 g/mol. The van der Waals surface area contributed by atoms with Crippen molar-refractivity contribution in [3.05, 3.63) is 180 Å². The molecule has 258 valence electrons. The Labute approximate surface area is 321 Å². The first-order chi connectivity index (χ1) is 27.6. The second-order valence-electron chi connectivity index (χ2n) is 13.6. The molecule has 3 aromatic heterocycles. The Morgan fingerprint density at radius 1 is 0.393 bits per heavy atom. The summed E-state index contributed by atoms with van der Waals surface area (Å²) in [7, 11) is 0. The first-order valence-electron chi connectivity index (χ1n) is 18.1. The van der Waals surface area contributed by atoms with Gasteiger partial charge in [-0.15, -0.1) is 0 Å². The SMILES string of the molecule is N#Cc1ccc2c(c1)c1cc(C#N)ccc1n2-c1ccc2c(c1)c1ccccc1n2-c1ccc(-c2cc(-c3ccccc3)nc(-c3ccccc3)n2)c(C#N)c1. The molecule has 0 radical (unpaired) electrons. The summed E-state index contributed by atoms with van der Waals surface area (Å²) in [5.41, 5.74) is 11.4. The number of aromatic nitrogens is 4. The molecule has 0 amide bonds. The maximum absolute atomic E-state index is 10.6. The quantitative estimate of drug-likeness (QED) is 0.176. The van der Waals surface area contributed by atoms with Crippen molar-refractivity contribution in [2.75, 3.05) is 0 Å². The summed E-state index contributed by atoms with van der Waals surface area (Å²) in [6.07, 6.45) is 0. The van der Waals surface area contributed by atoms with Crippen LogP contribution in [0, 0.1) is 34.0 Å². The Morgan fingerprint density at radius 2 is 0.911 bits per heavy atom. The van der Waals surface area contributed by atoms with Crippen LogP contribution in [-0.4, -0.2) is 19.1 Å². The number of rotatable bonds is 5. The lowest BCUT2D eigenvalue weighted by molar-refractivity contribution is 1.16. The van der Waals surface area contributed by atoms with Crippen LogP contribution in [0.2, 0.25) is 0 Å². The molecule has 0 aliphatic carbocycles. The normalized spacial score (nSPS) is 11.2. The van der Waals surface area contributed by atoms with Gasteiger partial charge in [0.2, 0.25) is 0 Å². The highest BCUT2D eigenvalue weighted by molar-refractivity contribution is 6.12. The third kappa shape index (κ3) is 5.18. The van der Waals surface area contributed by atoms with E-state index in [-0.39, 0.29) is 0 Å². The van der Waals surface area contributed by atoms with Crippen LogP contribution in [0.15, 0.2) is 164 Å². The highest BCUT2D eigenvalue weighted by atomic mass is 15.0. The van der Waals surface area contributed by atoms with E-state index in [4.69, 9.17) is 9.97 Å². The molecule has 3 heterocycles. The van der Waals surface area contributed by atoms with Gasteiger partial charge in [-0.25, -0.2) is 9.97 Å². The van der Waals surface area contributed by atoms with Crippen LogP contribution >= 0.6 is 0 Å². The maximum Gasteiger partial charge on any atom is 0.160 e. The van der Waals surface area contributed by atoms with Gasteiger partial charge in [-0.1, -0.05) is 78.9 Å². The Hall–Kier alpha value is -8.31. The van der Waals surface area contributed by atoms with E-state index in [9.17, 15) is 15.8 Å². The highest BCUT2D eigenvalue weighted by Crippen LogP contribution is 2.38. The van der Waals surface area contributed by atoms with Gasteiger partial charge in [0, 0.05) is 49.6 Å². The van der Waals surface area contributed by atoms with E-state index >= 15 is 0 Å². The van der Waals surface area contributed by atoms with Gasteiger partial charge in [0.15, 0.2) is 5.82 Å². The van der Waals surface area contributed by atoms with Crippen molar-refractivity contribution in [3.63, 3.8) is 0 Å². The van der Waals surface area contributed by atoms with E-state index in [1.807, 2.05) is 127 Å². The summed E-state index contributed by atoms with van der Waals surface area (Å²) in [5, 5.41) is 34.0. The van der Waals surface area contributed by atoms with E-state index < -0.39 is 0 Å². The third-order valence-electron chi connectivity index (χ3n) is 10.4. The van der Waals surface area contributed by atoms with Crippen molar-refractivity contribution >= 4 is 43.6 Å². The first kappa shape index (κ1) is 32.3. The fraction of sp³-hybridized carbons (Fsp3) is 0. The third-order valence-corrected chi connectivity index (χ3v) is 10.4. The smallest absolute Gasteiger partial charge is 0.160 e. The topological polar surface area (TPSA) is 107 Å². The molecule has 10 aromatic rings. The minimum Gasteiger partial charge on any atom is -0.309 e. The van der Waals surface area contributed by atoms with Crippen LogP contribution in [0.3, 0.4) is 0 Å². The van der Waals surface area contributed by atoms with Gasteiger partial charge in [-0.05, 0) is 84.9 Å². The number of benzene rings is 7. The minimum atomic E-state index is 0.500. The average Bonchev–Trinajstić information content (AvgIpc) is 3.78. The maximum atomic E-state index is 10.6. The van der Waals surface area contributed by atoms with Crippen LogP contribution in [0.5, 0.6) is 0 Å². The largest absolute Gasteiger partial charge is 0.309 e. The predicted molar refractivity (Wildman–Crippen MR) is 221 cm³/mol. The van der Waals surface area contributed by atoms with Gasteiger partial charge in [-0.2, -0.15) is 15.8 Å². The van der Waals surface area contributed by atoms with Gasteiger partial charge < -0.3 is 9.13 Å². The second-order valence-corrected chi connectivity index (χ2v) is 13.6. The van der Waals surface area contributed by atoms with Crippen LogP contribution < -0.4 is 0 Å². The van der Waals surface area contributed by atoms with Crippen LogP contribution in [0.1, 0.15) is 16.7 Å². The van der Waals surface area contributed by atoms with Gasteiger partial charge in [0.1, 0.15) is 0 Å². The predicted octanol–water partition coefficient (Wildman–Crippen LogP) is 11.3. The molecule has 7 heteroatoms. The fourth-order valence-corrected chi connectivity index (χ4v) is 7.86. The van der Waals surface area contributed by atoms with Gasteiger partial charge in [0.25, 0.3) is 0 Å². The summed E-state index contributed by atoms with van der Waals surface area (Å²) in [6, 6.07) is 60.9. The molecule has 0 aliphatic rings. The average molecular weight is 714 g/mol. The van der Waals surface area contributed by atoms with Crippen molar-refractivity contribution in [1.82, 2.24) is 19.1 Å². The van der Waals surface area contributed by atoms with Gasteiger partial charge in [0.05, 0.1) is 68.4 Å². The molecule has 0 spiro atoms. The molecule has 0 bridgehead atoms. The lowest BCUT2D eigenvalue weighted by atomic mass is 10.0. The molecule has 0 aliphatic heterocycles. The standard InChI is InChI=1S/C49H27N7/c50-28-31-15-20-46-40(23-31)41-24-32(29-51)16-21-47(41)56(46)37-18-22-48-42(26-37)39-13-7-8-14-45(39)55(48)36-17-19-38(35(25-36)30-52)44-27-43(33-9-3-1-4-10-33)53-49(54-44)34-11-5-2-6-12-34/h1-27H. The van der Waals surface area contributed by atoms with Crippen molar-refractivity contribution in [1.29, 1.82) is 15.8 Å². The van der Waals surface area contributed by atoms with E-state index in [1.54, 1.807) is 0 Å². The summed E-state index contributed by atoms with van der Waals surface area (Å²) in [5.74, 6) is 0.590. The molecule has 0 atom stereocenters. The Bertz CT molecular complexity index is 3210. The number of para-hydroxylation sites is 1. The van der Waals surface area contributed by atoms with Crippen LogP contribution in [0.25, 0.3) is 88.9 Å². The zero-order valence-corrected chi connectivity index (χ0v) is 29.7. The molecule has 0 fully saturated rings. The molecule has 7 aromatic carbocycles. The number of nitriles is 3. The van der Waals surface area contributed by atoms with E-state index in [0.717, 1.165) is 77.4 Å². The van der Waals surface area contributed by atoms with Crippen molar-refractivity contribution in [2.45, 2.75) is 0 Å². The fourth-order valence-electron chi connectivity index (χ4n) is 7.86. The lowest BCUT2D eigenvalue weighted by Gasteiger charge is -2.13. The van der Waals surface area contributed by atoms with Gasteiger partial charge in [-0.3, -0.25) is 0 Å². The first-order valence-corrected chi connectivity index (χ1v) is 18.1. The molecular formula is C49H27N7. The van der Waals surface area contributed by atoms with Crippen LogP contribution in [-0.2, 0) is 0 Å². The molecule has 0 saturated heterocycles. The van der Waals surface area contributed by atoms with Crippen molar-refractivity contribution in [2.24, 2.45) is 0 Å². The van der Waals surface area contributed by atoms with E-state index in [2.05, 4.69) is 63.7 Å². The molecule has 56 heavy (non-hydrogen) atoms. The molecule has 10 rings (SSSR count). The molecule has 0 saturated carbocycles. The number of hydrogen-bond acceptors (Lipinski definition) is 5. The lowest BCUT2D eigenvalue weighted by Crippen LogP contribution is -1.99. The second kappa shape index (κ2) is 13.0. The zero-order valence-electron chi connectivity index (χ0n) is 29.7. The summed E-state index contributed by atoms with van der Waals surface area (Å²) in [4.78, 5) is 9.92. The summed E-state index contributed by atoms with van der Waals surface area (Å²) in [6.45, 7) is 0. The van der Waals surface area contributed by atoms with Crippen molar-refractivity contribution in [3.8, 4) is 63.5 Å². The monoisotopic (exact) mass is 713 g/mol. The number of nitrogens with zero attached hydrogens (tertiary/aromatic N) is 7. The van der Waals surface area contributed by atoms with E-state index in [1.165, 1.54) is 0 Å². The molecule has 0 unspecified atom stereocenters. The minimum absolute atomic E-state index is 0.500. The van der Waals surface area contributed by atoms with Crippen molar-refractivity contribution < 1.29 is 0 Å². The summed E-state index contributed by atoms with van der Waals surface area (Å²) < 4.78 is 4.39. The zero-order chi connectivity index (χ0) is 37.8. The van der Waals surface area contributed by atoms with Crippen LogP contribution in [0.4, 0.5) is 0 Å². The molecule has 7 nitrogen and oxygen atoms in total. The Kier molecular flexibility index (Phi) is 7.49. The Morgan fingerprint density at radius 3 is 1.55 bits per heavy atom.